The number of rotatable bonds is 0. The lowest BCUT2D eigenvalue weighted by Gasteiger charge is -2.07. The molecule has 1 aliphatic heterocycles. The van der Waals surface area contributed by atoms with E-state index in [1.807, 2.05) is 0 Å². The molecule has 0 saturated carbocycles. The predicted molar refractivity (Wildman–Crippen MR) is 86.7 cm³/mol. The molecule has 3 aromatic carbocycles. The van der Waals surface area contributed by atoms with Crippen LogP contribution in [0.4, 0.5) is 5.82 Å². The molecule has 100 valence electrons. The lowest BCUT2D eigenvalue weighted by molar-refractivity contribution is 1.06. The van der Waals surface area contributed by atoms with Crippen molar-refractivity contribution in [1.82, 2.24) is 9.97 Å². The van der Waals surface area contributed by atoms with Gasteiger partial charge in [0.05, 0.1) is 16.7 Å². The number of benzene rings is 3. The fraction of sp³-hybridized carbons (Fsp3) is 0.111. The van der Waals surface area contributed by atoms with Crippen LogP contribution in [0.15, 0.2) is 48.5 Å². The SMILES string of the molecule is c1ccc2c(c1)ccc1cc3nc4c(nc3cc12)CCN4. The first kappa shape index (κ1) is 11.0. The van der Waals surface area contributed by atoms with Crippen LogP contribution in [0.25, 0.3) is 32.6 Å². The maximum Gasteiger partial charge on any atom is 0.148 e. The molecule has 0 unspecified atom stereocenters. The zero-order chi connectivity index (χ0) is 13.8. The predicted octanol–water partition coefficient (Wildman–Crippen LogP) is 3.90. The summed E-state index contributed by atoms with van der Waals surface area (Å²) in [6, 6.07) is 17.1. The normalized spacial score (nSPS) is 13.7. The summed E-state index contributed by atoms with van der Waals surface area (Å²) in [6.45, 7) is 0.939. The number of fused-ring (bicyclic) bond motifs is 5. The summed E-state index contributed by atoms with van der Waals surface area (Å²) < 4.78 is 0. The standard InChI is InChI=1S/C18H13N3/c1-2-4-13-11(3-1)5-6-12-9-16-17(10-14(12)13)20-15-7-8-19-18(15)21-16/h1-6,9-10H,7-8H2,(H,19,21). The maximum absolute atomic E-state index is 4.79. The Balaban J connectivity index is 1.94. The van der Waals surface area contributed by atoms with Gasteiger partial charge < -0.3 is 5.32 Å². The Bertz CT molecular complexity index is 1020. The quantitative estimate of drug-likeness (QED) is 0.389. The van der Waals surface area contributed by atoms with E-state index in [1.165, 1.54) is 21.5 Å². The summed E-state index contributed by atoms with van der Waals surface area (Å²) in [5, 5.41) is 8.30. The van der Waals surface area contributed by atoms with Crippen molar-refractivity contribution >= 4 is 38.4 Å². The monoisotopic (exact) mass is 271 g/mol. The number of anilines is 1. The molecular formula is C18H13N3. The minimum absolute atomic E-state index is 0.939. The van der Waals surface area contributed by atoms with Gasteiger partial charge in [0.1, 0.15) is 5.82 Å². The van der Waals surface area contributed by atoms with Crippen LogP contribution in [0, 0.1) is 0 Å². The lowest BCUT2D eigenvalue weighted by Crippen LogP contribution is -1.94. The average Bonchev–Trinajstić information content (AvgIpc) is 2.97. The average molecular weight is 271 g/mol. The van der Waals surface area contributed by atoms with Crippen LogP contribution in [-0.4, -0.2) is 16.5 Å². The number of nitrogens with one attached hydrogen (secondary N) is 1. The van der Waals surface area contributed by atoms with Crippen LogP contribution in [0.1, 0.15) is 5.69 Å². The molecule has 2 heterocycles. The van der Waals surface area contributed by atoms with E-state index in [0.717, 1.165) is 35.5 Å². The summed E-state index contributed by atoms with van der Waals surface area (Å²) >= 11 is 0. The smallest absolute Gasteiger partial charge is 0.148 e. The minimum Gasteiger partial charge on any atom is -0.368 e. The first-order chi connectivity index (χ1) is 10.4. The van der Waals surface area contributed by atoms with E-state index >= 15 is 0 Å². The van der Waals surface area contributed by atoms with Gasteiger partial charge in [-0.25, -0.2) is 9.97 Å². The van der Waals surface area contributed by atoms with E-state index in [1.54, 1.807) is 0 Å². The maximum atomic E-state index is 4.79. The van der Waals surface area contributed by atoms with E-state index in [-0.39, 0.29) is 0 Å². The van der Waals surface area contributed by atoms with Gasteiger partial charge in [-0.05, 0) is 33.7 Å². The minimum atomic E-state index is 0.939. The molecule has 0 amide bonds. The molecule has 1 aliphatic rings. The second-order valence-electron chi connectivity index (χ2n) is 5.54. The molecule has 1 N–H and O–H groups in total. The zero-order valence-corrected chi connectivity index (χ0v) is 11.4. The summed E-state index contributed by atoms with van der Waals surface area (Å²) in [4.78, 5) is 9.50. The Hall–Kier alpha value is -2.68. The van der Waals surface area contributed by atoms with Gasteiger partial charge in [-0.2, -0.15) is 0 Å². The second-order valence-corrected chi connectivity index (χ2v) is 5.54. The van der Waals surface area contributed by atoms with Crippen molar-refractivity contribution in [3.05, 3.63) is 54.2 Å². The van der Waals surface area contributed by atoms with Gasteiger partial charge in [-0.3, -0.25) is 0 Å². The van der Waals surface area contributed by atoms with Gasteiger partial charge in [0.2, 0.25) is 0 Å². The Morgan fingerprint density at radius 1 is 0.810 bits per heavy atom. The Labute approximate surface area is 121 Å². The first-order valence-corrected chi connectivity index (χ1v) is 7.24. The van der Waals surface area contributed by atoms with Gasteiger partial charge in [0.15, 0.2) is 0 Å². The second kappa shape index (κ2) is 3.92. The van der Waals surface area contributed by atoms with E-state index < -0.39 is 0 Å². The van der Waals surface area contributed by atoms with E-state index in [4.69, 9.17) is 9.97 Å². The van der Waals surface area contributed by atoms with Crippen LogP contribution in [0.3, 0.4) is 0 Å². The number of hydrogen-bond donors (Lipinski definition) is 1. The molecule has 0 aliphatic carbocycles. The molecule has 0 atom stereocenters. The summed E-state index contributed by atoms with van der Waals surface area (Å²) in [6.07, 6.45) is 0.964. The molecule has 4 aromatic rings. The van der Waals surface area contributed by atoms with E-state index in [9.17, 15) is 0 Å². The Kier molecular flexibility index (Phi) is 2.06. The molecule has 0 spiro atoms. The Morgan fingerprint density at radius 2 is 1.67 bits per heavy atom. The summed E-state index contributed by atoms with van der Waals surface area (Å²) in [5.41, 5.74) is 3.04. The number of nitrogens with zero attached hydrogens (tertiary/aromatic N) is 2. The van der Waals surface area contributed by atoms with Crippen molar-refractivity contribution in [2.45, 2.75) is 6.42 Å². The van der Waals surface area contributed by atoms with Crippen LogP contribution in [0.2, 0.25) is 0 Å². The first-order valence-electron chi connectivity index (χ1n) is 7.24. The van der Waals surface area contributed by atoms with Crippen molar-refractivity contribution in [3.63, 3.8) is 0 Å². The third-order valence-electron chi connectivity index (χ3n) is 4.26. The molecule has 3 nitrogen and oxygen atoms in total. The molecule has 3 heteroatoms. The Morgan fingerprint density at radius 3 is 2.67 bits per heavy atom. The fourth-order valence-corrected chi connectivity index (χ4v) is 3.21. The van der Waals surface area contributed by atoms with Crippen molar-refractivity contribution < 1.29 is 0 Å². The number of hydrogen-bond acceptors (Lipinski definition) is 3. The van der Waals surface area contributed by atoms with Crippen LogP contribution in [-0.2, 0) is 6.42 Å². The highest BCUT2D eigenvalue weighted by Gasteiger charge is 2.14. The highest BCUT2D eigenvalue weighted by atomic mass is 15.0. The van der Waals surface area contributed by atoms with Crippen LogP contribution in [0.5, 0.6) is 0 Å². The third kappa shape index (κ3) is 1.54. The zero-order valence-electron chi connectivity index (χ0n) is 11.4. The lowest BCUT2D eigenvalue weighted by atomic mass is 10.0. The molecule has 0 fully saturated rings. The third-order valence-corrected chi connectivity index (χ3v) is 4.26. The van der Waals surface area contributed by atoms with Crippen molar-refractivity contribution in [3.8, 4) is 0 Å². The topological polar surface area (TPSA) is 37.8 Å². The van der Waals surface area contributed by atoms with Crippen molar-refractivity contribution in [2.75, 3.05) is 11.9 Å². The van der Waals surface area contributed by atoms with E-state index in [2.05, 4.69) is 53.8 Å². The summed E-state index contributed by atoms with van der Waals surface area (Å²) in [5.74, 6) is 0.947. The van der Waals surface area contributed by atoms with Crippen molar-refractivity contribution in [1.29, 1.82) is 0 Å². The molecule has 1 aromatic heterocycles. The van der Waals surface area contributed by atoms with Gasteiger partial charge in [-0.1, -0.05) is 36.4 Å². The molecule has 0 bridgehead atoms. The molecule has 0 saturated heterocycles. The van der Waals surface area contributed by atoms with Gasteiger partial charge in [0, 0.05) is 13.0 Å². The fourth-order valence-electron chi connectivity index (χ4n) is 3.21. The van der Waals surface area contributed by atoms with Gasteiger partial charge >= 0.3 is 0 Å². The highest BCUT2D eigenvalue weighted by molar-refractivity contribution is 6.11. The van der Waals surface area contributed by atoms with Gasteiger partial charge in [0.25, 0.3) is 0 Å². The van der Waals surface area contributed by atoms with Crippen LogP contribution >= 0.6 is 0 Å². The molecule has 5 rings (SSSR count). The van der Waals surface area contributed by atoms with E-state index in [0.29, 0.717) is 0 Å². The van der Waals surface area contributed by atoms with Crippen LogP contribution < -0.4 is 5.32 Å². The van der Waals surface area contributed by atoms with Gasteiger partial charge in [-0.15, -0.1) is 0 Å². The number of aromatic nitrogens is 2. The van der Waals surface area contributed by atoms with Crippen molar-refractivity contribution in [2.24, 2.45) is 0 Å². The molecule has 21 heavy (non-hydrogen) atoms. The molecular weight excluding hydrogens is 258 g/mol. The molecule has 0 radical (unpaired) electrons. The summed E-state index contributed by atoms with van der Waals surface area (Å²) in [7, 11) is 0. The highest BCUT2D eigenvalue weighted by Crippen LogP contribution is 2.30. The largest absolute Gasteiger partial charge is 0.368 e.